The van der Waals surface area contributed by atoms with Crippen LogP contribution in [0.3, 0.4) is 0 Å². The zero-order chi connectivity index (χ0) is 19.0. The summed E-state index contributed by atoms with van der Waals surface area (Å²) in [4.78, 5) is 21.5. The number of nitrogens with zero attached hydrogens (tertiary/aromatic N) is 3. The van der Waals surface area contributed by atoms with Crippen molar-refractivity contribution in [3.63, 3.8) is 0 Å². The lowest BCUT2D eigenvalue weighted by molar-refractivity contribution is 0.102. The van der Waals surface area contributed by atoms with Crippen molar-refractivity contribution in [2.45, 2.75) is 6.92 Å². The Kier molecular flexibility index (Phi) is 4.56. The van der Waals surface area contributed by atoms with Crippen LogP contribution in [0.15, 0.2) is 60.8 Å². The zero-order valence-electron chi connectivity index (χ0n) is 14.3. The van der Waals surface area contributed by atoms with E-state index in [0.717, 1.165) is 16.8 Å². The second-order valence-corrected chi connectivity index (χ2v) is 6.73. The van der Waals surface area contributed by atoms with Gasteiger partial charge in [-0.25, -0.2) is 9.97 Å². The maximum atomic E-state index is 12.8. The summed E-state index contributed by atoms with van der Waals surface area (Å²) < 4.78 is 1.85. The molecular formula is C20H14Cl2N4O. The van der Waals surface area contributed by atoms with E-state index in [1.165, 1.54) is 6.07 Å². The van der Waals surface area contributed by atoms with Crippen molar-refractivity contribution in [1.29, 1.82) is 0 Å². The average molecular weight is 397 g/mol. The zero-order valence-corrected chi connectivity index (χ0v) is 15.8. The minimum Gasteiger partial charge on any atom is -0.306 e. The van der Waals surface area contributed by atoms with Crippen molar-refractivity contribution in [3.8, 4) is 11.3 Å². The number of aromatic nitrogens is 3. The number of carbonyl (C=O) groups is 1. The lowest BCUT2D eigenvalue weighted by Crippen LogP contribution is -2.15. The summed E-state index contributed by atoms with van der Waals surface area (Å²) in [5.74, 6) is 0.181. The van der Waals surface area contributed by atoms with Crippen LogP contribution in [0.2, 0.25) is 10.3 Å². The molecular weight excluding hydrogens is 383 g/mol. The summed E-state index contributed by atoms with van der Waals surface area (Å²) in [6, 6.07) is 16.6. The molecule has 3 heterocycles. The molecule has 0 aliphatic heterocycles. The van der Waals surface area contributed by atoms with Gasteiger partial charge in [0.15, 0.2) is 0 Å². The summed E-state index contributed by atoms with van der Waals surface area (Å²) >= 11 is 11.9. The van der Waals surface area contributed by atoms with Gasteiger partial charge in [-0.3, -0.25) is 9.20 Å². The second kappa shape index (κ2) is 7.02. The van der Waals surface area contributed by atoms with Gasteiger partial charge >= 0.3 is 0 Å². The van der Waals surface area contributed by atoms with E-state index < -0.39 is 0 Å². The molecule has 3 aromatic heterocycles. The fraction of sp³-hybridized carbons (Fsp3) is 0.0500. The second-order valence-electron chi connectivity index (χ2n) is 5.99. The van der Waals surface area contributed by atoms with Crippen molar-refractivity contribution < 1.29 is 4.79 Å². The van der Waals surface area contributed by atoms with Crippen molar-refractivity contribution in [1.82, 2.24) is 14.4 Å². The van der Waals surface area contributed by atoms with Crippen LogP contribution >= 0.6 is 23.2 Å². The summed E-state index contributed by atoms with van der Waals surface area (Å²) in [6.45, 7) is 1.97. The Morgan fingerprint density at radius 2 is 1.78 bits per heavy atom. The van der Waals surface area contributed by atoms with Crippen molar-refractivity contribution >= 4 is 40.6 Å². The van der Waals surface area contributed by atoms with E-state index >= 15 is 0 Å². The third-order valence-corrected chi connectivity index (χ3v) is 4.68. The molecule has 1 amide bonds. The van der Waals surface area contributed by atoms with Crippen molar-refractivity contribution in [2.24, 2.45) is 0 Å². The highest BCUT2D eigenvalue weighted by Gasteiger charge is 2.19. The Labute approximate surface area is 165 Å². The average Bonchev–Trinajstić information content (AvgIpc) is 3.02. The van der Waals surface area contributed by atoms with Gasteiger partial charge in [-0.2, -0.15) is 0 Å². The number of nitrogens with one attached hydrogen (secondary N) is 1. The number of hydrogen-bond donors (Lipinski definition) is 1. The number of pyridine rings is 2. The molecule has 0 saturated heterocycles. The Morgan fingerprint density at radius 1 is 1.00 bits per heavy atom. The number of halogens is 2. The van der Waals surface area contributed by atoms with Gasteiger partial charge in [0.2, 0.25) is 0 Å². The van der Waals surface area contributed by atoms with Crippen LogP contribution in [0.5, 0.6) is 0 Å². The van der Waals surface area contributed by atoms with Crippen LogP contribution in [0.1, 0.15) is 15.9 Å². The molecule has 0 atom stereocenters. The topological polar surface area (TPSA) is 59.3 Å². The largest absolute Gasteiger partial charge is 0.306 e. The first-order chi connectivity index (χ1) is 13.0. The SMILES string of the molecule is Cc1cccn2c(NC(=O)c3ccc(Cl)nc3Cl)c(-c3ccccc3)nc12. The molecule has 0 fully saturated rings. The van der Waals surface area contributed by atoms with E-state index in [1.54, 1.807) is 6.07 Å². The number of imidazole rings is 1. The van der Waals surface area contributed by atoms with E-state index in [-0.39, 0.29) is 21.8 Å². The number of benzene rings is 1. The fourth-order valence-corrected chi connectivity index (χ4v) is 3.31. The summed E-state index contributed by atoms with van der Waals surface area (Å²) in [6.07, 6.45) is 1.86. The van der Waals surface area contributed by atoms with Gasteiger partial charge in [0.05, 0.1) is 5.56 Å². The van der Waals surface area contributed by atoms with Gasteiger partial charge in [-0.05, 0) is 30.7 Å². The first kappa shape index (κ1) is 17.5. The Hall–Kier alpha value is -2.89. The molecule has 0 aliphatic rings. The summed E-state index contributed by atoms with van der Waals surface area (Å²) in [5.41, 5.74) is 3.59. The molecule has 1 aromatic carbocycles. The highest BCUT2D eigenvalue weighted by molar-refractivity contribution is 6.35. The van der Waals surface area contributed by atoms with Gasteiger partial charge in [0.25, 0.3) is 5.91 Å². The van der Waals surface area contributed by atoms with Crippen LogP contribution in [-0.2, 0) is 0 Å². The first-order valence-corrected chi connectivity index (χ1v) is 8.96. The van der Waals surface area contributed by atoms with Gasteiger partial charge in [0, 0.05) is 11.8 Å². The molecule has 0 unspecified atom stereocenters. The fourth-order valence-electron chi connectivity index (χ4n) is 2.88. The summed E-state index contributed by atoms with van der Waals surface area (Å²) in [5, 5.41) is 3.21. The number of anilines is 1. The van der Waals surface area contributed by atoms with Gasteiger partial charge < -0.3 is 5.32 Å². The predicted molar refractivity (Wildman–Crippen MR) is 108 cm³/mol. The Morgan fingerprint density at radius 3 is 2.52 bits per heavy atom. The van der Waals surface area contributed by atoms with Gasteiger partial charge in [-0.15, -0.1) is 0 Å². The van der Waals surface area contributed by atoms with E-state index in [4.69, 9.17) is 28.2 Å². The van der Waals surface area contributed by atoms with Gasteiger partial charge in [-0.1, -0.05) is 59.6 Å². The van der Waals surface area contributed by atoms with Crippen molar-refractivity contribution in [3.05, 3.63) is 82.2 Å². The van der Waals surface area contributed by atoms with Crippen LogP contribution in [0.4, 0.5) is 5.82 Å². The molecule has 7 heteroatoms. The third kappa shape index (κ3) is 3.27. The molecule has 5 nitrogen and oxygen atoms in total. The van der Waals surface area contributed by atoms with E-state index in [1.807, 2.05) is 60.0 Å². The summed E-state index contributed by atoms with van der Waals surface area (Å²) in [7, 11) is 0. The molecule has 0 aliphatic carbocycles. The maximum absolute atomic E-state index is 12.8. The molecule has 0 spiro atoms. The monoisotopic (exact) mass is 396 g/mol. The Balaban J connectivity index is 1.85. The number of aryl methyl sites for hydroxylation is 1. The van der Waals surface area contributed by atoms with Crippen LogP contribution in [-0.4, -0.2) is 20.3 Å². The number of fused-ring (bicyclic) bond motifs is 1. The van der Waals surface area contributed by atoms with E-state index in [0.29, 0.717) is 11.5 Å². The smallest absolute Gasteiger partial charge is 0.259 e. The first-order valence-electron chi connectivity index (χ1n) is 8.21. The Bertz CT molecular complexity index is 1160. The molecule has 0 bridgehead atoms. The molecule has 0 saturated carbocycles. The molecule has 134 valence electrons. The highest BCUT2D eigenvalue weighted by Crippen LogP contribution is 2.30. The van der Waals surface area contributed by atoms with Crippen LogP contribution in [0, 0.1) is 6.92 Å². The standard InChI is InChI=1S/C20H14Cl2N4O/c1-12-6-5-11-26-18(12)24-16(13-7-3-2-4-8-13)19(26)25-20(27)14-9-10-15(21)23-17(14)22/h2-11H,1H3,(H,25,27). The van der Waals surface area contributed by atoms with E-state index in [9.17, 15) is 4.79 Å². The molecule has 1 N–H and O–H groups in total. The van der Waals surface area contributed by atoms with E-state index in [2.05, 4.69) is 10.3 Å². The molecule has 4 aromatic rings. The van der Waals surface area contributed by atoms with Crippen LogP contribution in [0.25, 0.3) is 16.9 Å². The lowest BCUT2D eigenvalue weighted by atomic mass is 10.1. The molecule has 4 rings (SSSR count). The van der Waals surface area contributed by atoms with Crippen molar-refractivity contribution in [2.75, 3.05) is 5.32 Å². The maximum Gasteiger partial charge on any atom is 0.259 e. The minimum atomic E-state index is -0.385. The number of hydrogen-bond acceptors (Lipinski definition) is 3. The number of amides is 1. The number of rotatable bonds is 3. The normalized spacial score (nSPS) is 10.9. The number of carbonyl (C=O) groups excluding carboxylic acids is 1. The van der Waals surface area contributed by atoms with Gasteiger partial charge in [0.1, 0.15) is 27.5 Å². The van der Waals surface area contributed by atoms with Crippen LogP contribution < -0.4 is 5.32 Å². The highest BCUT2D eigenvalue weighted by atomic mass is 35.5. The lowest BCUT2D eigenvalue weighted by Gasteiger charge is -2.09. The predicted octanol–water partition coefficient (Wildman–Crippen LogP) is 5.26. The minimum absolute atomic E-state index is 0.0475. The molecule has 0 radical (unpaired) electrons. The quantitative estimate of drug-likeness (QED) is 0.480. The third-order valence-electron chi connectivity index (χ3n) is 4.18. The molecule has 27 heavy (non-hydrogen) atoms.